The average molecular weight is 355 g/mol. The Balaban J connectivity index is 1.81. The molecule has 2 heterocycles. The standard InChI is InChI=1S/C15H15F2N3O3S/c16-12-4-1-5-13(17)15(12)24(21,22)20-8-2-3-11(9-20)23-14-6-7-18-10-19-14/h1,4-7,10-11H,2-3,8-9H2. The molecule has 1 saturated heterocycles. The van der Waals surface area contributed by atoms with Crippen molar-refractivity contribution in [2.45, 2.75) is 23.8 Å². The molecule has 1 fully saturated rings. The van der Waals surface area contributed by atoms with E-state index in [1.807, 2.05) is 0 Å². The van der Waals surface area contributed by atoms with Crippen LogP contribution in [0.4, 0.5) is 8.78 Å². The number of ether oxygens (including phenoxy) is 1. The summed E-state index contributed by atoms with van der Waals surface area (Å²) in [5.41, 5.74) is 0. The van der Waals surface area contributed by atoms with E-state index < -0.39 is 32.7 Å². The summed E-state index contributed by atoms with van der Waals surface area (Å²) in [6.07, 6.45) is 3.52. The van der Waals surface area contributed by atoms with Crippen LogP contribution in [0.25, 0.3) is 0 Å². The van der Waals surface area contributed by atoms with E-state index in [-0.39, 0.29) is 13.1 Å². The Morgan fingerprint density at radius 1 is 1.21 bits per heavy atom. The lowest BCUT2D eigenvalue weighted by Gasteiger charge is -2.31. The molecule has 128 valence electrons. The van der Waals surface area contributed by atoms with Crippen LogP contribution in [0.15, 0.2) is 41.7 Å². The van der Waals surface area contributed by atoms with E-state index in [2.05, 4.69) is 9.97 Å². The van der Waals surface area contributed by atoms with Gasteiger partial charge in [-0.2, -0.15) is 4.31 Å². The molecule has 0 radical (unpaired) electrons. The smallest absolute Gasteiger partial charge is 0.249 e. The Morgan fingerprint density at radius 2 is 1.96 bits per heavy atom. The van der Waals surface area contributed by atoms with Crippen LogP contribution in [0.5, 0.6) is 5.88 Å². The van der Waals surface area contributed by atoms with Crippen LogP contribution >= 0.6 is 0 Å². The molecule has 0 spiro atoms. The Labute approximate surface area is 138 Å². The van der Waals surface area contributed by atoms with Crippen LogP contribution in [-0.4, -0.2) is 41.9 Å². The molecule has 24 heavy (non-hydrogen) atoms. The maximum Gasteiger partial charge on any atom is 0.249 e. The normalized spacial score (nSPS) is 19.2. The molecule has 3 rings (SSSR count). The first kappa shape index (κ1) is 16.7. The fourth-order valence-corrected chi connectivity index (χ4v) is 4.22. The lowest BCUT2D eigenvalue weighted by Crippen LogP contribution is -2.44. The largest absolute Gasteiger partial charge is 0.473 e. The molecule has 1 atom stereocenters. The van der Waals surface area contributed by atoms with Crippen molar-refractivity contribution in [3.05, 3.63) is 48.4 Å². The molecule has 1 unspecified atom stereocenters. The van der Waals surface area contributed by atoms with Crippen LogP contribution in [0.1, 0.15) is 12.8 Å². The van der Waals surface area contributed by atoms with Gasteiger partial charge in [-0.3, -0.25) is 0 Å². The lowest BCUT2D eigenvalue weighted by atomic mass is 10.1. The number of hydrogen-bond acceptors (Lipinski definition) is 5. The molecule has 9 heteroatoms. The molecular formula is C15H15F2N3O3S. The van der Waals surface area contributed by atoms with Gasteiger partial charge in [0.15, 0.2) is 4.90 Å². The van der Waals surface area contributed by atoms with E-state index in [1.165, 1.54) is 12.5 Å². The summed E-state index contributed by atoms with van der Waals surface area (Å²) in [5.74, 6) is -1.88. The summed E-state index contributed by atoms with van der Waals surface area (Å²) in [6, 6.07) is 4.54. The highest BCUT2D eigenvalue weighted by atomic mass is 32.2. The van der Waals surface area contributed by atoms with Crippen molar-refractivity contribution in [3.8, 4) is 5.88 Å². The highest BCUT2D eigenvalue weighted by Crippen LogP contribution is 2.26. The van der Waals surface area contributed by atoms with Crippen molar-refractivity contribution in [2.24, 2.45) is 0 Å². The predicted octanol–water partition coefficient (Wildman–Crippen LogP) is 1.99. The SMILES string of the molecule is O=S(=O)(c1c(F)cccc1F)N1CCCC(Oc2ccncn2)C1. The second-order valence-electron chi connectivity index (χ2n) is 5.34. The van der Waals surface area contributed by atoms with Gasteiger partial charge >= 0.3 is 0 Å². The molecule has 1 aliphatic heterocycles. The van der Waals surface area contributed by atoms with Gasteiger partial charge in [-0.05, 0) is 25.0 Å². The molecule has 0 amide bonds. The molecule has 2 aromatic rings. The zero-order valence-electron chi connectivity index (χ0n) is 12.6. The number of benzene rings is 1. The predicted molar refractivity (Wildman–Crippen MR) is 80.8 cm³/mol. The van der Waals surface area contributed by atoms with Gasteiger partial charge in [0.2, 0.25) is 15.9 Å². The van der Waals surface area contributed by atoms with Crippen LogP contribution in [0.3, 0.4) is 0 Å². The minimum atomic E-state index is -4.28. The third-order valence-corrected chi connectivity index (χ3v) is 5.62. The van der Waals surface area contributed by atoms with E-state index >= 15 is 0 Å². The van der Waals surface area contributed by atoms with Crippen LogP contribution < -0.4 is 4.74 Å². The van der Waals surface area contributed by atoms with Crippen molar-refractivity contribution in [1.29, 1.82) is 0 Å². The average Bonchev–Trinajstić information content (AvgIpc) is 2.56. The third-order valence-electron chi connectivity index (χ3n) is 3.70. The maximum absolute atomic E-state index is 13.9. The highest BCUT2D eigenvalue weighted by Gasteiger charge is 2.35. The summed E-state index contributed by atoms with van der Waals surface area (Å²) in [5, 5.41) is 0. The number of nitrogens with zero attached hydrogens (tertiary/aromatic N) is 3. The fourth-order valence-electron chi connectivity index (χ4n) is 2.60. The van der Waals surface area contributed by atoms with E-state index in [4.69, 9.17) is 4.74 Å². The summed E-state index contributed by atoms with van der Waals surface area (Å²) in [7, 11) is -4.28. The molecule has 1 aromatic heterocycles. The van der Waals surface area contributed by atoms with Gasteiger partial charge < -0.3 is 4.74 Å². The maximum atomic E-state index is 13.9. The second kappa shape index (κ2) is 6.78. The van der Waals surface area contributed by atoms with Gasteiger partial charge in [0.25, 0.3) is 0 Å². The molecule has 1 aliphatic rings. The van der Waals surface area contributed by atoms with Gasteiger partial charge in [-0.25, -0.2) is 27.2 Å². The third kappa shape index (κ3) is 3.36. The van der Waals surface area contributed by atoms with Crippen LogP contribution in [0.2, 0.25) is 0 Å². The molecule has 0 aliphatic carbocycles. The van der Waals surface area contributed by atoms with Crippen molar-refractivity contribution in [1.82, 2.24) is 14.3 Å². The second-order valence-corrected chi connectivity index (χ2v) is 7.22. The van der Waals surface area contributed by atoms with Gasteiger partial charge in [0.1, 0.15) is 24.1 Å². The molecule has 1 aromatic carbocycles. The zero-order valence-corrected chi connectivity index (χ0v) is 13.4. The van der Waals surface area contributed by atoms with Gasteiger partial charge in [-0.15, -0.1) is 0 Å². The summed E-state index contributed by atoms with van der Waals surface area (Å²) in [4.78, 5) is 6.77. The first-order valence-corrected chi connectivity index (χ1v) is 8.79. The first-order chi connectivity index (χ1) is 11.5. The van der Waals surface area contributed by atoms with E-state index in [0.717, 1.165) is 22.5 Å². The topological polar surface area (TPSA) is 72.4 Å². The van der Waals surface area contributed by atoms with Crippen molar-refractivity contribution in [3.63, 3.8) is 0 Å². The first-order valence-electron chi connectivity index (χ1n) is 7.35. The van der Waals surface area contributed by atoms with Gasteiger partial charge in [0, 0.05) is 18.8 Å². The minimum Gasteiger partial charge on any atom is -0.473 e. The van der Waals surface area contributed by atoms with Crippen molar-refractivity contribution >= 4 is 10.0 Å². The number of aromatic nitrogens is 2. The lowest BCUT2D eigenvalue weighted by molar-refractivity contribution is 0.124. The Bertz CT molecular complexity index is 798. The monoisotopic (exact) mass is 355 g/mol. The van der Waals surface area contributed by atoms with E-state index in [1.54, 1.807) is 6.07 Å². The number of sulfonamides is 1. The summed E-state index contributed by atoms with van der Waals surface area (Å²) < 4.78 is 59.6. The van der Waals surface area contributed by atoms with Crippen molar-refractivity contribution < 1.29 is 21.9 Å². The molecule has 0 saturated carbocycles. The number of halogens is 2. The van der Waals surface area contributed by atoms with Gasteiger partial charge in [0.05, 0.1) is 6.54 Å². The van der Waals surface area contributed by atoms with Crippen LogP contribution in [0, 0.1) is 11.6 Å². The fraction of sp³-hybridized carbons (Fsp3) is 0.333. The molecule has 0 N–H and O–H groups in total. The number of piperidine rings is 1. The Hall–Kier alpha value is -2.13. The summed E-state index contributed by atoms with van der Waals surface area (Å²) >= 11 is 0. The highest BCUT2D eigenvalue weighted by molar-refractivity contribution is 7.89. The summed E-state index contributed by atoms with van der Waals surface area (Å²) in [6.45, 7) is 0.180. The minimum absolute atomic E-state index is 0.000110. The molecule has 0 bridgehead atoms. The van der Waals surface area contributed by atoms with Crippen molar-refractivity contribution in [2.75, 3.05) is 13.1 Å². The Kier molecular flexibility index (Phi) is 4.72. The zero-order chi connectivity index (χ0) is 17.2. The number of rotatable bonds is 4. The van der Waals surface area contributed by atoms with Crippen LogP contribution in [-0.2, 0) is 10.0 Å². The number of hydrogen-bond donors (Lipinski definition) is 0. The Morgan fingerprint density at radius 3 is 2.62 bits per heavy atom. The molecule has 6 nitrogen and oxygen atoms in total. The quantitative estimate of drug-likeness (QED) is 0.839. The van der Waals surface area contributed by atoms with E-state index in [9.17, 15) is 17.2 Å². The molecular weight excluding hydrogens is 340 g/mol. The van der Waals surface area contributed by atoms with E-state index in [0.29, 0.717) is 18.7 Å². The van der Waals surface area contributed by atoms with Gasteiger partial charge in [-0.1, -0.05) is 6.07 Å².